The monoisotopic (exact) mass is 697 g/mol. The van der Waals surface area contributed by atoms with E-state index in [1.807, 2.05) is 11.0 Å². The molecule has 1 N–H and O–H groups in total. The zero-order valence-electron chi connectivity index (χ0n) is 29.5. The van der Waals surface area contributed by atoms with Gasteiger partial charge in [0.2, 0.25) is 11.8 Å². The first-order chi connectivity index (χ1) is 23.1. The molecule has 3 fully saturated rings. The van der Waals surface area contributed by atoms with Crippen LogP contribution in [0.5, 0.6) is 0 Å². The molecule has 266 valence electrons. The van der Waals surface area contributed by atoms with Crippen molar-refractivity contribution in [1.29, 1.82) is 0 Å². The van der Waals surface area contributed by atoms with E-state index in [4.69, 9.17) is 0 Å². The number of fused-ring (bicyclic) bond motifs is 1. The van der Waals surface area contributed by atoms with Crippen molar-refractivity contribution in [3.63, 3.8) is 0 Å². The lowest BCUT2D eigenvalue weighted by molar-refractivity contribution is -0.136. The molecule has 0 spiro atoms. The number of aromatic nitrogens is 3. The Morgan fingerprint density at radius 3 is 2.35 bits per heavy atom. The van der Waals surface area contributed by atoms with Crippen LogP contribution >= 0.6 is 11.8 Å². The minimum absolute atomic E-state index is 0.00499. The Bertz CT molecular complexity index is 1750. The van der Waals surface area contributed by atoms with Crippen LogP contribution < -0.4 is 10.6 Å². The molecule has 0 aliphatic carbocycles. The number of likely N-dealkylation sites (tertiary alicyclic amines) is 1. The molecule has 2 amide bonds. The Labute approximate surface area is 291 Å². The molecule has 1 unspecified atom stereocenters. The van der Waals surface area contributed by atoms with Crippen LogP contribution in [0.2, 0.25) is 0 Å². The molecule has 0 radical (unpaired) electrons. The van der Waals surface area contributed by atoms with Crippen LogP contribution in [0, 0.1) is 17.0 Å². The van der Waals surface area contributed by atoms with Gasteiger partial charge in [-0.05, 0) is 63.6 Å². The van der Waals surface area contributed by atoms with Gasteiger partial charge in [0.25, 0.3) is 0 Å². The van der Waals surface area contributed by atoms with Gasteiger partial charge in [-0.2, -0.15) is 0 Å². The van der Waals surface area contributed by atoms with Crippen LogP contribution in [0.4, 0.5) is 14.5 Å². The van der Waals surface area contributed by atoms with Gasteiger partial charge in [-0.3, -0.25) is 24.0 Å². The fraction of sp³-hybridized carbons (Fsp3) is 0.611. The summed E-state index contributed by atoms with van der Waals surface area (Å²) in [5.74, 6) is -1.61. The zero-order chi connectivity index (χ0) is 35.2. The molecule has 5 heterocycles. The van der Waals surface area contributed by atoms with E-state index in [1.165, 1.54) is 17.8 Å². The number of piperazine rings is 1. The number of rotatable bonds is 7. The van der Waals surface area contributed by atoms with Crippen LogP contribution in [-0.4, -0.2) is 97.7 Å². The number of thioether (sulfide) groups is 1. The van der Waals surface area contributed by atoms with E-state index < -0.39 is 22.3 Å². The second-order valence-corrected chi connectivity index (χ2v) is 17.1. The number of halogens is 2. The van der Waals surface area contributed by atoms with Crippen molar-refractivity contribution in [3.05, 3.63) is 58.1 Å². The van der Waals surface area contributed by atoms with Crippen molar-refractivity contribution in [1.82, 2.24) is 29.2 Å². The molecule has 13 heteroatoms. The normalized spacial score (nSPS) is 21.7. The molecule has 6 rings (SSSR count). The first-order valence-electron chi connectivity index (χ1n) is 17.4. The number of anilines is 1. The summed E-state index contributed by atoms with van der Waals surface area (Å²) < 4.78 is 32.5. The summed E-state index contributed by atoms with van der Waals surface area (Å²) in [5, 5.41) is -1.30. The first kappa shape index (κ1) is 35.4. The van der Waals surface area contributed by atoms with E-state index in [0.29, 0.717) is 68.9 Å². The van der Waals surface area contributed by atoms with Crippen LogP contribution in [-0.2, 0) is 9.59 Å². The molecule has 10 nitrogen and oxygen atoms in total. The molecule has 3 aromatic rings. The predicted molar refractivity (Wildman–Crippen MR) is 190 cm³/mol. The van der Waals surface area contributed by atoms with E-state index in [2.05, 4.69) is 56.4 Å². The third-order valence-electron chi connectivity index (χ3n) is 10.1. The van der Waals surface area contributed by atoms with Crippen molar-refractivity contribution in [2.24, 2.45) is 5.41 Å². The number of imidazole rings is 1. The van der Waals surface area contributed by atoms with Gasteiger partial charge in [-0.1, -0.05) is 20.8 Å². The lowest BCUT2D eigenvalue weighted by Gasteiger charge is -2.44. The molecule has 3 aliphatic heterocycles. The van der Waals surface area contributed by atoms with E-state index in [9.17, 15) is 18.8 Å². The van der Waals surface area contributed by atoms with E-state index >= 15 is 4.39 Å². The molecule has 3 saturated heterocycles. The summed E-state index contributed by atoms with van der Waals surface area (Å²) in [6.45, 7) is 16.8. The number of piperidine rings is 1. The van der Waals surface area contributed by atoms with Gasteiger partial charge < -0.3 is 14.7 Å². The Hall–Kier alpha value is -3.45. The van der Waals surface area contributed by atoms with E-state index in [-0.39, 0.29) is 40.9 Å². The molecular formula is C36H49F2N7O3S. The van der Waals surface area contributed by atoms with Crippen molar-refractivity contribution in [2.45, 2.75) is 89.4 Å². The van der Waals surface area contributed by atoms with Gasteiger partial charge in [-0.25, -0.2) is 18.6 Å². The fourth-order valence-corrected chi connectivity index (χ4v) is 8.82. The second-order valence-electron chi connectivity index (χ2n) is 15.8. The van der Waals surface area contributed by atoms with E-state index in [1.54, 1.807) is 26.6 Å². The number of H-pyrrole nitrogens is 1. The zero-order valence-corrected chi connectivity index (χ0v) is 30.3. The van der Waals surface area contributed by atoms with Gasteiger partial charge in [0.15, 0.2) is 5.65 Å². The molecule has 1 aromatic carbocycles. The maximum Gasteiger partial charge on any atom is 0.327 e. The Morgan fingerprint density at radius 2 is 1.69 bits per heavy atom. The summed E-state index contributed by atoms with van der Waals surface area (Å²) in [6.07, 6.45) is 3.55. The smallest absolute Gasteiger partial charge is 0.327 e. The first-order valence-corrected chi connectivity index (χ1v) is 18.3. The van der Waals surface area contributed by atoms with Gasteiger partial charge in [-0.15, -0.1) is 11.8 Å². The maximum absolute atomic E-state index is 15.8. The van der Waals surface area contributed by atoms with Gasteiger partial charge in [0.05, 0.1) is 16.5 Å². The van der Waals surface area contributed by atoms with Gasteiger partial charge >= 0.3 is 5.69 Å². The summed E-state index contributed by atoms with van der Waals surface area (Å²) in [7, 11) is 0. The SMILES string of the molecule is CC(C)(C)CCN1C(=O)[C@H](CC(=O)N2CCC(n3c(=O)[nH]c4ncccc43)CC2)SC1c1cc(F)cc(F)c1N1CCN(C(C)(C)C)CC1. The third kappa shape index (κ3) is 7.52. The quantitative estimate of drug-likeness (QED) is 0.346. The summed E-state index contributed by atoms with van der Waals surface area (Å²) in [4.78, 5) is 55.4. The summed E-state index contributed by atoms with van der Waals surface area (Å²) >= 11 is 1.33. The highest BCUT2D eigenvalue weighted by Gasteiger charge is 2.45. The molecule has 49 heavy (non-hydrogen) atoms. The predicted octanol–water partition coefficient (Wildman–Crippen LogP) is 5.56. The number of carbonyl (C=O) groups excluding carboxylic acids is 2. The van der Waals surface area contributed by atoms with Crippen molar-refractivity contribution < 1.29 is 18.4 Å². The Morgan fingerprint density at radius 1 is 1.00 bits per heavy atom. The minimum atomic E-state index is -0.680. The topological polar surface area (TPSA) is 97.8 Å². The number of nitrogens with one attached hydrogen (secondary N) is 1. The highest BCUT2D eigenvalue weighted by Crippen LogP contribution is 2.49. The van der Waals surface area contributed by atoms with Crippen molar-refractivity contribution in [3.8, 4) is 0 Å². The highest BCUT2D eigenvalue weighted by molar-refractivity contribution is 8.01. The van der Waals surface area contributed by atoms with Crippen LogP contribution in [0.15, 0.2) is 35.3 Å². The molecule has 2 aromatic heterocycles. The Balaban J connectivity index is 1.20. The van der Waals surface area contributed by atoms with Gasteiger partial charge in [0, 0.05) is 81.6 Å². The average Bonchev–Trinajstić information content (AvgIpc) is 3.53. The summed E-state index contributed by atoms with van der Waals surface area (Å²) in [6, 6.07) is 5.90. The highest BCUT2D eigenvalue weighted by atomic mass is 32.2. The lowest BCUT2D eigenvalue weighted by atomic mass is 9.92. The van der Waals surface area contributed by atoms with Crippen molar-refractivity contribution >= 4 is 40.4 Å². The van der Waals surface area contributed by atoms with Gasteiger partial charge in [0.1, 0.15) is 17.0 Å². The third-order valence-corrected chi connectivity index (χ3v) is 11.6. The molecule has 0 bridgehead atoms. The number of aromatic amines is 1. The van der Waals surface area contributed by atoms with E-state index in [0.717, 1.165) is 24.7 Å². The van der Waals surface area contributed by atoms with Crippen LogP contribution in [0.3, 0.4) is 0 Å². The molecule has 2 atom stereocenters. The average molecular weight is 698 g/mol. The number of pyridine rings is 1. The number of hydrogen-bond donors (Lipinski definition) is 1. The number of hydrogen-bond acceptors (Lipinski definition) is 7. The van der Waals surface area contributed by atoms with Crippen LogP contribution in [0.25, 0.3) is 11.2 Å². The molecule has 0 saturated carbocycles. The molecular weight excluding hydrogens is 649 g/mol. The number of amides is 2. The molecule has 3 aliphatic rings. The number of nitrogens with zero attached hydrogens (tertiary/aromatic N) is 6. The second kappa shape index (κ2) is 13.7. The maximum atomic E-state index is 15.8. The number of carbonyl (C=O) groups is 2. The summed E-state index contributed by atoms with van der Waals surface area (Å²) in [5.41, 5.74) is 1.78. The standard InChI is InChI=1S/C36H49F2N7O3S/c1-35(2,3)11-15-44-32(47)28(22-29(46)41-13-9-24(10-14-41)45-27-8-7-12-39-31(27)40-34(45)48)49-33(44)25-20-23(37)21-26(38)30(25)42-16-18-43(19-17-42)36(4,5)6/h7-8,12,20-21,24,28,33H,9-11,13-19,22H2,1-6H3,(H,39,40,48)/t28-,33?/m0/s1. The largest absolute Gasteiger partial charge is 0.366 e. The fourth-order valence-electron chi connectivity index (χ4n) is 7.34. The number of benzene rings is 1. The lowest BCUT2D eigenvalue weighted by Crippen LogP contribution is -2.53. The minimum Gasteiger partial charge on any atom is -0.366 e. The van der Waals surface area contributed by atoms with Crippen molar-refractivity contribution in [2.75, 3.05) is 50.7 Å². The van der Waals surface area contributed by atoms with Crippen LogP contribution in [0.1, 0.15) is 84.2 Å². The Kier molecular flexibility index (Phi) is 9.89.